The molecular formula is C17H14FN. The zero-order valence-corrected chi connectivity index (χ0v) is 10.8. The van der Waals surface area contributed by atoms with E-state index in [-0.39, 0.29) is 5.82 Å². The monoisotopic (exact) mass is 251 g/mol. The van der Waals surface area contributed by atoms with E-state index in [1.807, 2.05) is 37.3 Å². The van der Waals surface area contributed by atoms with Gasteiger partial charge < -0.3 is 0 Å². The van der Waals surface area contributed by atoms with Crippen molar-refractivity contribution in [1.82, 2.24) is 0 Å². The molecule has 0 saturated heterocycles. The zero-order chi connectivity index (χ0) is 13.5. The Labute approximate surface area is 112 Å². The second-order valence-electron chi connectivity index (χ2n) is 5.26. The minimum Gasteiger partial charge on any atom is -0.206 e. The van der Waals surface area contributed by atoms with Crippen molar-refractivity contribution in [2.45, 2.75) is 25.2 Å². The average Bonchev–Trinajstić information content (AvgIpc) is 3.19. The summed E-state index contributed by atoms with van der Waals surface area (Å²) in [7, 11) is 0. The van der Waals surface area contributed by atoms with Crippen LogP contribution in [0.5, 0.6) is 0 Å². The SMILES string of the molecule is Cc1cccc(-c2ccc(C3(C#N)CC3)cc2F)c1. The van der Waals surface area contributed by atoms with E-state index in [0.29, 0.717) is 5.56 Å². The van der Waals surface area contributed by atoms with Crippen molar-refractivity contribution in [3.63, 3.8) is 0 Å². The molecule has 0 heterocycles. The molecular weight excluding hydrogens is 237 g/mol. The molecule has 1 nitrogen and oxygen atoms in total. The third kappa shape index (κ3) is 2.02. The first-order valence-electron chi connectivity index (χ1n) is 6.43. The van der Waals surface area contributed by atoms with Crippen molar-refractivity contribution in [3.05, 3.63) is 59.4 Å². The van der Waals surface area contributed by atoms with Gasteiger partial charge in [0, 0.05) is 5.56 Å². The topological polar surface area (TPSA) is 23.8 Å². The van der Waals surface area contributed by atoms with Crippen LogP contribution in [0.4, 0.5) is 4.39 Å². The fraction of sp³-hybridized carbons (Fsp3) is 0.235. The molecule has 1 aliphatic rings. The van der Waals surface area contributed by atoms with Gasteiger partial charge in [-0.05, 0) is 37.0 Å². The molecule has 94 valence electrons. The maximum absolute atomic E-state index is 14.3. The van der Waals surface area contributed by atoms with Crippen molar-refractivity contribution in [3.8, 4) is 17.2 Å². The normalized spacial score (nSPS) is 15.8. The van der Waals surface area contributed by atoms with E-state index in [4.69, 9.17) is 5.26 Å². The quantitative estimate of drug-likeness (QED) is 0.778. The van der Waals surface area contributed by atoms with Gasteiger partial charge in [-0.3, -0.25) is 0 Å². The Kier molecular flexibility index (Phi) is 2.64. The molecule has 0 radical (unpaired) electrons. The standard InChI is InChI=1S/C17H14FN/c1-12-3-2-4-13(9-12)15-6-5-14(10-16(15)18)17(11-19)7-8-17/h2-6,9-10H,7-8H2,1H3. The summed E-state index contributed by atoms with van der Waals surface area (Å²) < 4.78 is 14.3. The van der Waals surface area contributed by atoms with E-state index in [1.54, 1.807) is 6.07 Å². The molecule has 1 fully saturated rings. The predicted octanol–water partition coefficient (Wildman–Crippen LogP) is 4.36. The molecule has 1 saturated carbocycles. The van der Waals surface area contributed by atoms with Gasteiger partial charge in [-0.2, -0.15) is 5.26 Å². The van der Waals surface area contributed by atoms with Crippen molar-refractivity contribution < 1.29 is 4.39 Å². The number of nitriles is 1. The van der Waals surface area contributed by atoms with E-state index >= 15 is 0 Å². The average molecular weight is 251 g/mol. The summed E-state index contributed by atoms with van der Waals surface area (Å²) in [5.41, 5.74) is 2.97. The van der Waals surface area contributed by atoms with Crippen molar-refractivity contribution in [2.24, 2.45) is 0 Å². The molecule has 0 unspecified atom stereocenters. The van der Waals surface area contributed by atoms with Crippen molar-refractivity contribution in [2.75, 3.05) is 0 Å². The van der Waals surface area contributed by atoms with Crippen LogP contribution in [0.15, 0.2) is 42.5 Å². The van der Waals surface area contributed by atoms with Gasteiger partial charge in [0.15, 0.2) is 0 Å². The number of aryl methyl sites for hydroxylation is 1. The molecule has 0 aliphatic heterocycles. The Bertz CT molecular complexity index is 678. The molecule has 0 spiro atoms. The molecule has 2 aromatic rings. The summed E-state index contributed by atoms with van der Waals surface area (Å²) in [6.45, 7) is 1.99. The van der Waals surface area contributed by atoms with Gasteiger partial charge in [-0.15, -0.1) is 0 Å². The first-order chi connectivity index (χ1) is 9.14. The summed E-state index contributed by atoms with van der Waals surface area (Å²) in [5, 5.41) is 9.15. The summed E-state index contributed by atoms with van der Waals surface area (Å²) in [5.74, 6) is -0.246. The molecule has 2 aromatic carbocycles. The zero-order valence-electron chi connectivity index (χ0n) is 10.8. The highest BCUT2D eigenvalue weighted by molar-refractivity contribution is 5.65. The lowest BCUT2D eigenvalue weighted by Gasteiger charge is -2.10. The van der Waals surface area contributed by atoms with Crippen LogP contribution in [0, 0.1) is 24.1 Å². The van der Waals surface area contributed by atoms with E-state index in [2.05, 4.69) is 6.07 Å². The molecule has 19 heavy (non-hydrogen) atoms. The highest BCUT2D eigenvalue weighted by atomic mass is 19.1. The highest BCUT2D eigenvalue weighted by Crippen LogP contribution is 2.48. The predicted molar refractivity (Wildman–Crippen MR) is 73.1 cm³/mol. The molecule has 0 N–H and O–H groups in total. The molecule has 2 heteroatoms. The van der Waals surface area contributed by atoms with E-state index < -0.39 is 5.41 Å². The van der Waals surface area contributed by atoms with Gasteiger partial charge in [-0.25, -0.2) is 4.39 Å². The summed E-state index contributed by atoms with van der Waals surface area (Å²) in [6.07, 6.45) is 1.68. The minimum absolute atomic E-state index is 0.246. The highest BCUT2D eigenvalue weighted by Gasteiger charge is 2.45. The number of rotatable bonds is 2. The van der Waals surface area contributed by atoms with Crippen LogP contribution in [-0.2, 0) is 5.41 Å². The van der Waals surface area contributed by atoms with Gasteiger partial charge >= 0.3 is 0 Å². The summed E-state index contributed by atoms with van der Waals surface area (Å²) in [6, 6.07) is 15.3. The third-order valence-electron chi connectivity index (χ3n) is 3.81. The maximum atomic E-state index is 14.3. The Morgan fingerprint density at radius 2 is 1.95 bits per heavy atom. The fourth-order valence-corrected chi connectivity index (χ4v) is 2.45. The Morgan fingerprint density at radius 3 is 2.53 bits per heavy atom. The second kappa shape index (κ2) is 4.20. The number of hydrogen-bond donors (Lipinski definition) is 0. The lowest BCUT2D eigenvalue weighted by atomic mass is 9.94. The van der Waals surface area contributed by atoms with Crippen molar-refractivity contribution >= 4 is 0 Å². The van der Waals surface area contributed by atoms with Crippen LogP contribution >= 0.6 is 0 Å². The fourth-order valence-electron chi connectivity index (χ4n) is 2.45. The Hall–Kier alpha value is -2.14. The van der Waals surface area contributed by atoms with Crippen LogP contribution in [0.3, 0.4) is 0 Å². The van der Waals surface area contributed by atoms with E-state index in [0.717, 1.165) is 29.5 Å². The lowest BCUT2D eigenvalue weighted by molar-refractivity contribution is 0.627. The van der Waals surface area contributed by atoms with Crippen LogP contribution < -0.4 is 0 Å². The van der Waals surface area contributed by atoms with Crippen LogP contribution in [0.25, 0.3) is 11.1 Å². The van der Waals surface area contributed by atoms with Crippen molar-refractivity contribution in [1.29, 1.82) is 5.26 Å². The van der Waals surface area contributed by atoms with Crippen LogP contribution in [-0.4, -0.2) is 0 Å². The van der Waals surface area contributed by atoms with Gasteiger partial charge in [0.2, 0.25) is 0 Å². The van der Waals surface area contributed by atoms with Crippen LogP contribution in [0.1, 0.15) is 24.0 Å². The van der Waals surface area contributed by atoms with E-state index in [1.165, 1.54) is 6.07 Å². The Balaban J connectivity index is 2.04. The third-order valence-corrected chi connectivity index (χ3v) is 3.81. The number of hydrogen-bond acceptors (Lipinski definition) is 1. The number of benzene rings is 2. The minimum atomic E-state index is -0.425. The smallest absolute Gasteiger partial charge is 0.131 e. The first-order valence-corrected chi connectivity index (χ1v) is 6.43. The van der Waals surface area contributed by atoms with Gasteiger partial charge in [0.25, 0.3) is 0 Å². The maximum Gasteiger partial charge on any atom is 0.131 e. The molecule has 0 atom stereocenters. The Morgan fingerprint density at radius 1 is 1.16 bits per heavy atom. The molecule has 1 aliphatic carbocycles. The molecule has 3 rings (SSSR count). The van der Waals surface area contributed by atoms with Gasteiger partial charge in [0.1, 0.15) is 5.82 Å². The molecule has 0 bridgehead atoms. The number of halogens is 1. The van der Waals surface area contributed by atoms with Crippen LogP contribution in [0.2, 0.25) is 0 Å². The van der Waals surface area contributed by atoms with Gasteiger partial charge in [-0.1, -0.05) is 42.0 Å². The van der Waals surface area contributed by atoms with Gasteiger partial charge in [0.05, 0.1) is 11.5 Å². The number of nitrogens with zero attached hydrogens (tertiary/aromatic N) is 1. The molecule has 0 amide bonds. The first kappa shape index (κ1) is 11.9. The summed E-state index contributed by atoms with van der Waals surface area (Å²) >= 11 is 0. The molecule has 0 aromatic heterocycles. The largest absolute Gasteiger partial charge is 0.206 e. The summed E-state index contributed by atoms with van der Waals surface area (Å²) in [4.78, 5) is 0. The van der Waals surface area contributed by atoms with E-state index in [9.17, 15) is 4.39 Å². The lowest BCUT2D eigenvalue weighted by Crippen LogP contribution is -2.03. The second-order valence-corrected chi connectivity index (χ2v) is 5.26.